The van der Waals surface area contributed by atoms with E-state index in [9.17, 15) is 4.79 Å². The second-order valence-electron chi connectivity index (χ2n) is 7.86. The molecule has 4 aromatic rings. The maximum atomic E-state index is 13.0. The van der Waals surface area contributed by atoms with Gasteiger partial charge < -0.3 is 10.5 Å². The molecular formula is C25H27ClN4O2. The van der Waals surface area contributed by atoms with Crippen molar-refractivity contribution in [3.05, 3.63) is 59.1 Å². The zero-order valence-electron chi connectivity index (χ0n) is 18.2. The molecule has 0 aliphatic rings. The van der Waals surface area contributed by atoms with E-state index in [2.05, 4.69) is 6.92 Å². The molecule has 0 unspecified atom stereocenters. The first kappa shape index (κ1) is 22.1. The molecule has 2 N–H and O–H groups in total. The molecule has 2 aromatic heterocycles. The molecule has 6 nitrogen and oxygen atoms in total. The SMILES string of the molecule is CCCCCCCCOC(=O)c1c(N)n(-c2ccc(Cl)cc2)c2nc3ccccc3nc12. The van der Waals surface area contributed by atoms with E-state index in [1.165, 1.54) is 19.3 Å². The van der Waals surface area contributed by atoms with Gasteiger partial charge in [-0.15, -0.1) is 0 Å². The molecule has 0 saturated carbocycles. The van der Waals surface area contributed by atoms with Crippen molar-refractivity contribution in [1.82, 2.24) is 14.5 Å². The van der Waals surface area contributed by atoms with Gasteiger partial charge in [0.1, 0.15) is 16.9 Å². The summed E-state index contributed by atoms with van der Waals surface area (Å²) < 4.78 is 7.31. The van der Waals surface area contributed by atoms with Crippen molar-refractivity contribution in [2.45, 2.75) is 45.4 Å². The third-order valence-electron chi connectivity index (χ3n) is 5.52. The van der Waals surface area contributed by atoms with E-state index in [1.807, 2.05) is 36.4 Å². The van der Waals surface area contributed by atoms with E-state index in [0.717, 1.165) is 30.5 Å². The van der Waals surface area contributed by atoms with Crippen LogP contribution in [-0.2, 0) is 4.74 Å². The molecule has 0 saturated heterocycles. The van der Waals surface area contributed by atoms with Gasteiger partial charge in [-0.3, -0.25) is 4.57 Å². The molecule has 0 aliphatic carbocycles. The normalized spacial score (nSPS) is 11.3. The van der Waals surface area contributed by atoms with E-state index < -0.39 is 5.97 Å². The minimum Gasteiger partial charge on any atom is -0.462 e. The van der Waals surface area contributed by atoms with Gasteiger partial charge >= 0.3 is 5.97 Å². The average Bonchev–Trinajstić information content (AvgIpc) is 3.08. The van der Waals surface area contributed by atoms with Gasteiger partial charge in [0.15, 0.2) is 5.65 Å². The van der Waals surface area contributed by atoms with E-state index in [4.69, 9.17) is 32.0 Å². The second-order valence-corrected chi connectivity index (χ2v) is 8.30. The predicted molar refractivity (Wildman–Crippen MR) is 129 cm³/mol. The minimum atomic E-state index is -0.474. The van der Waals surface area contributed by atoms with Crippen molar-refractivity contribution in [3.63, 3.8) is 0 Å². The lowest BCUT2D eigenvalue weighted by Crippen LogP contribution is -2.10. The molecule has 4 rings (SSSR count). The number of aromatic nitrogens is 3. The molecule has 2 heterocycles. The number of esters is 1. The number of hydrogen-bond donors (Lipinski definition) is 1. The van der Waals surface area contributed by atoms with Crippen LogP contribution in [0.2, 0.25) is 5.02 Å². The Kier molecular flexibility index (Phi) is 6.90. The Morgan fingerprint density at radius 1 is 0.969 bits per heavy atom. The first-order valence-electron chi connectivity index (χ1n) is 11.1. The number of anilines is 1. The van der Waals surface area contributed by atoms with E-state index in [1.54, 1.807) is 16.7 Å². The van der Waals surface area contributed by atoms with Crippen molar-refractivity contribution in [1.29, 1.82) is 0 Å². The number of unbranched alkanes of at least 4 members (excludes halogenated alkanes) is 5. The quantitative estimate of drug-likeness (QED) is 0.238. The molecule has 0 bridgehead atoms. The predicted octanol–water partition coefficient (Wildman–Crippen LogP) is 6.33. The van der Waals surface area contributed by atoms with Crippen LogP contribution in [0.3, 0.4) is 0 Å². The summed E-state index contributed by atoms with van der Waals surface area (Å²) in [5.41, 5.74) is 9.84. The number of nitrogens with two attached hydrogens (primary N) is 1. The summed E-state index contributed by atoms with van der Waals surface area (Å²) in [5.74, 6) is -0.219. The van der Waals surface area contributed by atoms with Crippen molar-refractivity contribution in [3.8, 4) is 5.69 Å². The molecule has 0 radical (unpaired) electrons. The van der Waals surface area contributed by atoms with Gasteiger partial charge in [0.25, 0.3) is 0 Å². The lowest BCUT2D eigenvalue weighted by molar-refractivity contribution is 0.0501. The monoisotopic (exact) mass is 450 g/mol. The van der Waals surface area contributed by atoms with Gasteiger partial charge in [-0.25, -0.2) is 14.8 Å². The van der Waals surface area contributed by atoms with Crippen LogP contribution in [0, 0.1) is 0 Å². The van der Waals surface area contributed by atoms with Gasteiger partial charge in [-0.1, -0.05) is 62.8 Å². The largest absolute Gasteiger partial charge is 0.462 e. The first-order valence-corrected chi connectivity index (χ1v) is 11.5. The summed E-state index contributed by atoms with van der Waals surface area (Å²) in [6.07, 6.45) is 6.70. The smallest absolute Gasteiger partial charge is 0.344 e. The van der Waals surface area contributed by atoms with Crippen LogP contribution in [0.15, 0.2) is 48.5 Å². The fraction of sp³-hybridized carbons (Fsp3) is 0.320. The van der Waals surface area contributed by atoms with Crippen LogP contribution in [0.25, 0.3) is 27.9 Å². The zero-order valence-corrected chi connectivity index (χ0v) is 18.9. The van der Waals surface area contributed by atoms with Crippen LogP contribution < -0.4 is 5.73 Å². The number of benzene rings is 2. The van der Waals surface area contributed by atoms with Crippen LogP contribution in [0.5, 0.6) is 0 Å². The van der Waals surface area contributed by atoms with Gasteiger partial charge in [0, 0.05) is 10.7 Å². The van der Waals surface area contributed by atoms with Crippen LogP contribution >= 0.6 is 11.6 Å². The lowest BCUT2D eigenvalue weighted by Gasteiger charge is -2.08. The summed E-state index contributed by atoms with van der Waals surface area (Å²) in [6.45, 7) is 2.55. The van der Waals surface area contributed by atoms with Gasteiger partial charge in [-0.05, 0) is 42.8 Å². The number of nitrogens with zero attached hydrogens (tertiary/aromatic N) is 3. The van der Waals surface area contributed by atoms with E-state index in [0.29, 0.717) is 28.3 Å². The van der Waals surface area contributed by atoms with Crippen LogP contribution in [0.4, 0.5) is 5.82 Å². The Bertz CT molecular complexity index is 1230. The van der Waals surface area contributed by atoms with Crippen LogP contribution in [0.1, 0.15) is 55.8 Å². The molecule has 0 aliphatic heterocycles. The van der Waals surface area contributed by atoms with Gasteiger partial charge in [-0.2, -0.15) is 0 Å². The van der Waals surface area contributed by atoms with Gasteiger partial charge in [0.2, 0.25) is 0 Å². The molecule has 166 valence electrons. The number of ether oxygens (including phenoxy) is 1. The number of carbonyl (C=O) groups excluding carboxylic acids is 1. The standard InChI is InChI=1S/C25H27ClN4O2/c1-2-3-4-5-6-9-16-32-25(31)21-22-24(29-20-11-8-7-10-19(20)28-22)30(23(21)27)18-14-12-17(26)13-15-18/h7-8,10-15H,2-6,9,16,27H2,1H3. The molecule has 0 atom stereocenters. The zero-order chi connectivity index (χ0) is 22.5. The van der Waals surface area contributed by atoms with Crippen LogP contribution in [-0.4, -0.2) is 27.1 Å². The third kappa shape index (κ3) is 4.55. The number of hydrogen-bond acceptors (Lipinski definition) is 5. The second kappa shape index (κ2) is 10.0. The fourth-order valence-electron chi connectivity index (χ4n) is 3.83. The van der Waals surface area contributed by atoms with Crippen molar-refractivity contribution < 1.29 is 9.53 Å². The Hall–Kier alpha value is -3.12. The summed E-state index contributed by atoms with van der Waals surface area (Å²) >= 11 is 6.06. The van der Waals surface area contributed by atoms with E-state index in [-0.39, 0.29) is 11.4 Å². The summed E-state index contributed by atoms with van der Waals surface area (Å²) in [7, 11) is 0. The van der Waals surface area contributed by atoms with Crippen molar-refractivity contribution in [2.24, 2.45) is 0 Å². The molecule has 0 spiro atoms. The van der Waals surface area contributed by atoms with Crippen molar-refractivity contribution in [2.75, 3.05) is 12.3 Å². The molecule has 32 heavy (non-hydrogen) atoms. The first-order chi connectivity index (χ1) is 15.6. The highest BCUT2D eigenvalue weighted by molar-refractivity contribution is 6.30. The summed E-state index contributed by atoms with van der Waals surface area (Å²) in [4.78, 5) is 22.5. The average molecular weight is 451 g/mol. The Morgan fingerprint density at radius 2 is 1.62 bits per heavy atom. The number of para-hydroxylation sites is 2. The summed E-state index contributed by atoms with van der Waals surface area (Å²) in [6, 6.07) is 14.7. The molecule has 0 fully saturated rings. The minimum absolute atomic E-state index is 0.249. The fourth-order valence-corrected chi connectivity index (χ4v) is 3.96. The molecule has 2 aromatic carbocycles. The highest BCUT2D eigenvalue weighted by Gasteiger charge is 2.25. The number of fused-ring (bicyclic) bond motifs is 2. The number of halogens is 1. The molecular weight excluding hydrogens is 424 g/mol. The Balaban J connectivity index is 1.68. The van der Waals surface area contributed by atoms with E-state index >= 15 is 0 Å². The maximum Gasteiger partial charge on any atom is 0.344 e. The highest BCUT2D eigenvalue weighted by Crippen LogP contribution is 2.32. The maximum absolute atomic E-state index is 13.0. The molecule has 0 amide bonds. The van der Waals surface area contributed by atoms with Gasteiger partial charge in [0.05, 0.1) is 17.6 Å². The Morgan fingerprint density at radius 3 is 2.34 bits per heavy atom. The topological polar surface area (TPSA) is 83.0 Å². The van der Waals surface area contributed by atoms with Crippen molar-refractivity contribution >= 4 is 45.6 Å². The summed E-state index contributed by atoms with van der Waals surface area (Å²) in [5, 5.41) is 0.610. The number of carbonyl (C=O) groups is 1. The number of rotatable bonds is 9. The molecule has 7 heteroatoms. The Labute approximate surface area is 192 Å². The lowest BCUT2D eigenvalue weighted by atomic mass is 10.1. The number of nitrogen functional groups attached to an aromatic ring is 1. The third-order valence-corrected chi connectivity index (χ3v) is 5.77. The highest BCUT2D eigenvalue weighted by atomic mass is 35.5.